The molecule has 0 saturated heterocycles. The van der Waals surface area contributed by atoms with Crippen LogP contribution in [0.2, 0.25) is 5.02 Å². The monoisotopic (exact) mass is 522 g/mol. The van der Waals surface area contributed by atoms with Crippen molar-refractivity contribution in [3.8, 4) is 0 Å². The quantitative estimate of drug-likeness (QED) is 0.319. The SMILES string of the molecule is Cc1cc(C)cc(CSCC(=O)N(Cc2cccc(Cl)c2)[C@H](Cc2ccccc2)C(=O)NC(C)C)c1. The van der Waals surface area contributed by atoms with Gasteiger partial charge in [0.1, 0.15) is 6.04 Å². The zero-order valence-corrected chi connectivity index (χ0v) is 23.0. The Morgan fingerprint density at radius 1 is 0.889 bits per heavy atom. The molecule has 0 spiro atoms. The Kier molecular flexibility index (Phi) is 10.4. The Labute approximate surface area is 224 Å². The van der Waals surface area contributed by atoms with Crippen molar-refractivity contribution >= 4 is 35.2 Å². The maximum atomic E-state index is 13.7. The molecular formula is C30H35ClN2O2S. The van der Waals surface area contributed by atoms with Crippen molar-refractivity contribution in [1.82, 2.24) is 10.2 Å². The first-order chi connectivity index (χ1) is 17.2. The highest BCUT2D eigenvalue weighted by Gasteiger charge is 2.30. The van der Waals surface area contributed by atoms with E-state index in [1.54, 1.807) is 16.7 Å². The van der Waals surface area contributed by atoms with Gasteiger partial charge in [0.15, 0.2) is 0 Å². The Morgan fingerprint density at radius 3 is 2.19 bits per heavy atom. The molecule has 3 rings (SSSR count). The van der Waals surface area contributed by atoms with Crippen molar-refractivity contribution in [2.75, 3.05) is 5.75 Å². The van der Waals surface area contributed by atoms with Gasteiger partial charge in [-0.25, -0.2) is 0 Å². The van der Waals surface area contributed by atoms with Crippen molar-refractivity contribution in [3.05, 3.63) is 106 Å². The molecule has 4 nitrogen and oxygen atoms in total. The van der Waals surface area contributed by atoms with E-state index in [2.05, 4.69) is 37.4 Å². The number of carbonyl (C=O) groups is 2. The largest absolute Gasteiger partial charge is 0.352 e. The Hall–Kier alpha value is -2.76. The van der Waals surface area contributed by atoms with Crippen LogP contribution in [0.15, 0.2) is 72.8 Å². The van der Waals surface area contributed by atoms with Crippen LogP contribution in [0, 0.1) is 13.8 Å². The number of carbonyl (C=O) groups excluding carboxylic acids is 2. The van der Waals surface area contributed by atoms with Crippen molar-refractivity contribution in [2.45, 2.75) is 58.5 Å². The molecule has 0 aliphatic heterocycles. The second-order valence-electron chi connectivity index (χ2n) is 9.51. The molecule has 0 aliphatic carbocycles. The first kappa shape index (κ1) is 27.8. The van der Waals surface area contributed by atoms with Gasteiger partial charge in [-0.2, -0.15) is 0 Å². The molecule has 3 aromatic carbocycles. The van der Waals surface area contributed by atoms with Gasteiger partial charge in [0.05, 0.1) is 5.75 Å². The third kappa shape index (κ3) is 8.72. The lowest BCUT2D eigenvalue weighted by Gasteiger charge is -2.32. The van der Waals surface area contributed by atoms with Crippen LogP contribution in [-0.4, -0.2) is 34.6 Å². The number of amides is 2. The molecule has 0 heterocycles. The lowest BCUT2D eigenvalue weighted by Crippen LogP contribution is -2.52. The van der Waals surface area contributed by atoms with Gasteiger partial charge in [0.25, 0.3) is 0 Å². The molecule has 3 aromatic rings. The molecule has 1 atom stereocenters. The lowest BCUT2D eigenvalue weighted by molar-refractivity contribution is -0.139. The van der Waals surface area contributed by atoms with E-state index < -0.39 is 6.04 Å². The van der Waals surface area contributed by atoms with E-state index in [0.717, 1.165) is 16.9 Å². The first-order valence-corrected chi connectivity index (χ1v) is 13.8. The number of benzene rings is 3. The molecule has 0 bridgehead atoms. The zero-order valence-electron chi connectivity index (χ0n) is 21.5. The minimum atomic E-state index is -0.636. The van der Waals surface area contributed by atoms with E-state index in [1.165, 1.54) is 16.7 Å². The van der Waals surface area contributed by atoms with Crippen molar-refractivity contribution < 1.29 is 9.59 Å². The smallest absolute Gasteiger partial charge is 0.243 e. The van der Waals surface area contributed by atoms with E-state index in [1.807, 2.05) is 68.4 Å². The van der Waals surface area contributed by atoms with Gasteiger partial charge in [-0.1, -0.05) is 83.4 Å². The molecule has 0 unspecified atom stereocenters. The number of nitrogens with zero attached hydrogens (tertiary/aromatic N) is 1. The van der Waals surface area contributed by atoms with Gasteiger partial charge in [0.2, 0.25) is 11.8 Å². The van der Waals surface area contributed by atoms with Crippen LogP contribution in [-0.2, 0) is 28.3 Å². The first-order valence-electron chi connectivity index (χ1n) is 12.2. The second kappa shape index (κ2) is 13.5. The third-order valence-electron chi connectivity index (χ3n) is 5.72. The number of halogens is 1. The lowest BCUT2D eigenvalue weighted by atomic mass is 10.0. The molecular weight excluding hydrogens is 488 g/mol. The van der Waals surface area contributed by atoms with Crippen LogP contribution in [0.1, 0.15) is 41.7 Å². The second-order valence-corrected chi connectivity index (χ2v) is 10.9. The van der Waals surface area contributed by atoms with Crippen LogP contribution in [0.3, 0.4) is 0 Å². The summed E-state index contributed by atoms with van der Waals surface area (Å²) in [5.41, 5.74) is 5.53. The highest BCUT2D eigenvalue weighted by Crippen LogP contribution is 2.21. The third-order valence-corrected chi connectivity index (χ3v) is 6.94. The van der Waals surface area contributed by atoms with E-state index in [0.29, 0.717) is 18.0 Å². The van der Waals surface area contributed by atoms with E-state index in [-0.39, 0.29) is 23.6 Å². The predicted molar refractivity (Wildman–Crippen MR) is 151 cm³/mol. The van der Waals surface area contributed by atoms with Gasteiger partial charge in [0, 0.05) is 29.8 Å². The summed E-state index contributed by atoms with van der Waals surface area (Å²) >= 11 is 7.81. The minimum absolute atomic E-state index is 0.0298. The normalized spacial score (nSPS) is 11.8. The fraction of sp³-hybridized carbons (Fsp3) is 0.333. The van der Waals surface area contributed by atoms with E-state index in [4.69, 9.17) is 11.6 Å². The number of aryl methyl sites for hydroxylation is 2. The Morgan fingerprint density at radius 2 is 1.56 bits per heavy atom. The molecule has 1 N–H and O–H groups in total. The molecule has 190 valence electrons. The molecule has 2 amide bonds. The van der Waals surface area contributed by atoms with Gasteiger partial charge in [-0.3, -0.25) is 9.59 Å². The molecule has 6 heteroatoms. The highest BCUT2D eigenvalue weighted by molar-refractivity contribution is 7.99. The molecule has 0 fully saturated rings. The minimum Gasteiger partial charge on any atom is -0.352 e. The zero-order chi connectivity index (χ0) is 26.1. The summed E-state index contributed by atoms with van der Waals surface area (Å²) in [5.74, 6) is 0.807. The number of rotatable bonds is 11. The molecule has 0 aromatic heterocycles. The molecule has 0 saturated carbocycles. The Bertz CT molecular complexity index is 1150. The van der Waals surface area contributed by atoms with E-state index >= 15 is 0 Å². The van der Waals surface area contributed by atoms with Crippen molar-refractivity contribution in [1.29, 1.82) is 0 Å². The van der Waals surface area contributed by atoms with Crippen LogP contribution < -0.4 is 5.32 Å². The van der Waals surface area contributed by atoms with Gasteiger partial charge >= 0.3 is 0 Å². The summed E-state index contributed by atoms with van der Waals surface area (Å²) in [7, 11) is 0. The fourth-order valence-corrected chi connectivity index (χ4v) is 5.32. The average Bonchev–Trinajstić information content (AvgIpc) is 2.81. The summed E-state index contributed by atoms with van der Waals surface area (Å²) in [6.07, 6.45) is 0.438. The molecule has 0 aliphatic rings. The number of hydrogen-bond donors (Lipinski definition) is 1. The summed E-state index contributed by atoms with van der Waals surface area (Å²) in [5, 5.41) is 3.63. The van der Waals surface area contributed by atoms with Crippen LogP contribution in [0.4, 0.5) is 0 Å². The number of thioether (sulfide) groups is 1. The highest BCUT2D eigenvalue weighted by atomic mass is 35.5. The van der Waals surface area contributed by atoms with Gasteiger partial charge in [-0.15, -0.1) is 11.8 Å². The molecule has 36 heavy (non-hydrogen) atoms. The van der Waals surface area contributed by atoms with Gasteiger partial charge < -0.3 is 10.2 Å². The fourth-order valence-electron chi connectivity index (χ4n) is 4.26. The van der Waals surface area contributed by atoms with Crippen LogP contribution >= 0.6 is 23.4 Å². The number of nitrogens with one attached hydrogen (secondary N) is 1. The maximum Gasteiger partial charge on any atom is 0.243 e. The summed E-state index contributed by atoms with van der Waals surface area (Å²) in [6, 6.07) is 23.1. The van der Waals surface area contributed by atoms with Crippen LogP contribution in [0.5, 0.6) is 0 Å². The number of hydrogen-bond acceptors (Lipinski definition) is 3. The maximum absolute atomic E-state index is 13.7. The topological polar surface area (TPSA) is 49.4 Å². The summed E-state index contributed by atoms with van der Waals surface area (Å²) in [6.45, 7) is 8.34. The average molecular weight is 523 g/mol. The summed E-state index contributed by atoms with van der Waals surface area (Å²) in [4.78, 5) is 28.8. The summed E-state index contributed by atoms with van der Waals surface area (Å²) < 4.78 is 0. The standard InChI is InChI=1S/C30H35ClN2O2S/c1-21(2)32-30(35)28(17-24-9-6-5-7-10-24)33(18-25-11-8-12-27(31)16-25)29(34)20-36-19-26-14-22(3)13-23(4)15-26/h5-16,21,28H,17-20H2,1-4H3,(H,32,35)/t28-/m1/s1. The van der Waals surface area contributed by atoms with E-state index in [9.17, 15) is 9.59 Å². The van der Waals surface area contributed by atoms with Crippen molar-refractivity contribution in [3.63, 3.8) is 0 Å². The van der Waals surface area contributed by atoms with Gasteiger partial charge in [-0.05, 0) is 56.5 Å². The predicted octanol–water partition coefficient (Wildman–Crippen LogP) is 6.35. The van der Waals surface area contributed by atoms with Crippen LogP contribution in [0.25, 0.3) is 0 Å². The molecule has 0 radical (unpaired) electrons. The van der Waals surface area contributed by atoms with Crippen molar-refractivity contribution in [2.24, 2.45) is 0 Å². The Balaban J connectivity index is 1.85.